The van der Waals surface area contributed by atoms with Gasteiger partial charge in [0.1, 0.15) is 0 Å². The molecule has 6 nitrogen and oxygen atoms in total. The van der Waals surface area contributed by atoms with E-state index in [1.54, 1.807) is 31.7 Å². The van der Waals surface area contributed by atoms with Crippen molar-refractivity contribution in [2.75, 3.05) is 27.5 Å². The molecule has 0 spiro atoms. The van der Waals surface area contributed by atoms with Gasteiger partial charge in [0.2, 0.25) is 12.5 Å². The number of fused-ring (bicyclic) bond motifs is 2. The molecule has 0 bridgehead atoms. The minimum absolute atomic E-state index is 0.0907. The Bertz CT molecular complexity index is 877. The number of nitrogens with zero attached hydrogens (tertiary/aromatic N) is 2. The van der Waals surface area contributed by atoms with E-state index in [0.29, 0.717) is 29.4 Å². The molecule has 0 amide bonds. The topological polar surface area (TPSA) is 60.9 Å². The summed E-state index contributed by atoms with van der Waals surface area (Å²) in [5, 5.41) is 0. The van der Waals surface area contributed by atoms with Crippen molar-refractivity contribution in [3.8, 4) is 17.2 Å². The lowest BCUT2D eigenvalue weighted by Crippen LogP contribution is -2.28. The number of likely N-dealkylation sites (N-methyl/N-ethyl adjacent to an activating group) is 1. The summed E-state index contributed by atoms with van der Waals surface area (Å²) in [6.07, 6.45) is 7.53. The molecule has 6 heteroatoms. The molecule has 2 aromatic rings. The number of rotatable bonds is 4. The first kappa shape index (κ1) is 16.6. The van der Waals surface area contributed by atoms with Crippen molar-refractivity contribution in [1.29, 1.82) is 0 Å². The SMILES string of the molecule is COc1c2c(c(C(=O)C=Cc3ccncc3)c3c1OCO3)CCN(C)C2. The third-order valence-electron chi connectivity index (χ3n) is 4.74. The summed E-state index contributed by atoms with van der Waals surface area (Å²) in [6, 6.07) is 3.71. The molecule has 1 aromatic carbocycles. The van der Waals surface area contributed by atoms with Crippen molar-refractivity contribution in [1.82, 2.24) is 9.88 Å². The molecule has 4 rings (SSSR count). The van der Waals surface area contributed by atoms with E-state index < -0.39 is 0 Å². The van der Waals surface area contributed by atoms with Crippen LogP contribution in [0, 0.1) is 0 Å². The zero-order valence-electron chi connectivity index (χ0n) is 14.8. The molecule has 0 unspecified atom stereocenters. The van der Waals surface area contributed by atoms with Crippen LogP contribution in [0.3, 0.4) is 0 Å². The minimum atomic E-state index is -0.0907. The Hall–Kier alpha value is -2.86. The lowest BCUT2D eigenvalue weighted by Gasteiger charge is -2.28. The molecule has 2 aliphatic heterocycles. The number of ether oxygens (including phenoxy) is 3. The number of carbonyl (C=O) groups excluding carboxylic acids is 1. The second kappa shape index (κ2) is 6.80. The Kier molecular flexibility index (Phi) is 4.34. The molecule has 2 aliphatic rings. The maximum absolute atomic E-state index is 13.0. The molecule has 0 radical (unpaired) electrons. The second-order valence-electron chi connectivity index (χ2n) is 6.40. The maximum Gasteiger partial charge on any atom is 0.231 e. The monoisotopic (exact) mass is 352 g/mol. The van der Waals surface area contributed by atoms with Crippen molar-refractivity contribution in [2.45, 2.75) is 13.0 Å². The van der Waals surface area contributed by atoms with Crippen LogP contribution >= 0.6 is 0 Å². The minimum Gasteiger partial charge on any atom is -0.492 e. The molecule has 134 valence electrons. The van der Waals surface area contributed by atoms with Gasteiger partial charge in [0.25, 0.3) is 0 Å². The van der Waals surface area contributed by atoms with Crippen molar-refractivity contribution in [3.63, 3.8) is 0 Å². The first-order valence-electron chi connectivity index (χ1n) is 8.51. The van der Waals surface area contributed by atoms with Gasteiger partial charge in [-0.05, 0) is 42.8 Å². The Morgan fingerprint density at radius 3 is 2.77 bits per heavy atom. The van der Waals surface area contributed by atoms with Crippen LogP contribution in [0.1, 0.15) is 27.0 Å². The van der Waals surface area contributed by atoms with Gasteiger partial charge < -0.3 is 19.1 Å². The summed E-state index contributed by atoms with van der Waals surface area (Å²) in [7, 11) is 3.68. The van der Waals surface area contributed by atoms with E-state index in [4.69, 9.17) is 14.2 Å². The van der Waals surface area contributed by atoms with Crippen LogP contribution in [0.5, 0.6) is 17.2 Å². The fourth-order valence-corrected chi connectivity index (χ4v) is 3.50. The molecule has 0 N–H and O–H groups in total. The van der Waals surface area contributed by atoms with E-state index in [0.717, 1.165) is 29.7 Å². The number of allylic oxidation sites excluding steroid dienone is 1. The van der Waals surface area contributed by atoms with Crippen LogP contribution in [0.15, 0.2) is 30.6 Å². The fraction of sp³-hybridized carbons (Fsp3) is 0.300. The van der Waals surface area contributed by atoms with Crippen molar-refractivity contribution in [2.24, 2.45) is 0 Å². The van der Waals surface area contributed by atoms with Gasteiger partial charge >= 0.3 is 0 Å². The van der Waals surface area contributed by atoms with E-state index in [1.165, 1.54) is 0 Å². The van der Waals surface area contributed by atoms with Crippen LogP contribution < -0.4 is 14.2 Å². The number of carbonyl (C=O) groups is 1. The zero-order chi connectivity index (χ0) is 18.1. The maximum atomic E-state index is 13.0. The van der Waals surface area contributed by atoms with Crippen LogP contribution in [0.25, 0.3) is 6.08 Å². The number of hydrogen-bond acceptors (Lipinski definition) is 6. The number of methoxy groups -OCH3 is 1. The quantitative estimate of drug-likeness (QED) is 0.623. The van der Waals surface area contributed by atoms with Gasteiger partial charge in [-0.3, -0.25) is 9.78 Å². The van der Waals surface area contributed by atoms with Gasteiger partial charge in [0.15, 0.2) is 17.3 Å². The number of benzene rings is 1. The molecule has 0 fully saturated rings. The first-order valence-corrected chi connectivity index (χ1v) is 8.51. The lowest BCUT2D eigenvalue weighted by molar-refractivity contribution is 0.104. The van der Waals surface area contributed by atoms with Crippen molar-refractivity contribution >= 4 is 11.9 Å². The van der Waals surface area contributed by atoms with Gasteiger partial charge in [0, 0.05) is 31.0 Å². The summed E-state index contributed by atoms with van der Waals surface area (Å²) >= 11 is 0. The van der Waals surface area contributed by atoms with Gasteiger partial charge in [0.05, 0.1) is 12.7 Å². The van der Waals surface area contributed by atoms with Crippen LogP contribution in [0.4, 0.5) is 0 Å². The van der Waals surface area contributed by atoms with E-state index in [1.807, 2.05) is 12.1 Å². The van der Waals surface area contributed by atoms with E-state index in [9.17, 15) is 4.79 Å². The van der Waals surface area contributed by atoms with E-state index in [2.05, 4.69) is 16.9 Å². The normalized spacial score (nSPS) is 15.9. The van der Waals surface area contributed by atoms with Gasteiger partial charge in [-0.2, -0.15) is 0 Å². The summed E-state index contributed by atoms with van der Waals surface area (Å²) < 4.78 is 16.9. The van der Waals surface area contributed by atoms with Crippen molar-refractivity contribution < 1.29 is 19.0 Å². The third-order valence-corrected chi connectivity index (χ3v) is 4.74. The Balaban J connectivity index is 1.81. The number of pyridine rings is 1. The number of aromatic nitrogens is 1. The highest BCUT2D eigenvalue weighted by Gasteiger charge is 2.34. The lowest BCUT2D eigenvalue weighted by atomic mass is 9.90. The van der Waals surface area contributed by atoms with Crippen LogP contribution in [0.2, 0.25) is 0 Å². The molecule has 0 saturated heterocycles. The molecular weight excluding hydrogens is 332 g/mol. The number of ketones is 1. The van der Waals surface area contributed by atoms with Gasteiger partial charge in [-0.15, -0.1) is 0 Å². The molecule has 0 aliphatic carbocycles. The summed E-state index contributed by atoms with van der Waals surface area (Å²) in [5.74, 6) is 1.61. The Morgan fingerprint density at radius 2 is 2.00 bits per heavy atom. The summed E-state index contributed by atoms with van der Waals surface area (Å²) in [4.78, 5) is 19.2. The molecule has 26 heavy (non-hydrogen) atoms. The molecule has 0 atom stereocenters. The first-order chi connectivity index (χ1) is 12.7. The largest absolute Gasteiger partial charge is 0.492 e. The highest BCUT2D eigenvalue weighted by atomic mass is 16.7. The Morgan fingerprint density at radius 1 is 1.23 bits per heavy atom. The predicted molar refractivity (Wildman–Crippen MR) is 96.8 cm³/mol. The highest BCUT2D eigenvalue weighted by Crippen LogP contribution is 2.49. The smallest absolute Gasteiger partial charge is 0.231 e. The fourth-order valence-electron chi connectivity index (χ4n) is 3.50. The summed E-state index contributed by atoms with van der Waals surface area (Å²) in [5.41, 5.74) is 3.51. The van der Waals surface area contributed by atoms with E-state index >= 15 is 0 Å². The summed E-state index contributed by atoms with van der Waals surface area (Å²) in [6.45, 7) is 1.69. The molecular formula is C20H20N2O4. The van der Waals surface area contributed by atoms with Crippen LogP contribution in [-0.2, 0) is 13.0 Å². The second-order valence-corrected chi connectivity index (χ2v) is 6.40. The average Bonchev–Trinajstić information content (AvgIpc) is 3.14. The standard InChI is InChI=1S/C20H20N2O4/c1-22-10-7-14-15(11-22)18(24-2)20-19(25-12-26-20)17(14)16(23)4-3-13-5-8-21-9-6-13/h3-6,8-9H,7,10-12H2,1-2H3. The van der Waals surface area contributed by atoms with Crippen LogP contribution in [-0.4, -0.2) is 43.2 Å². The highest BCUT2D eigenvalue weighted by molar-refractivity contribution is 6.11. The molecule has 3 heterocycles. The zero-order valence-corrected chi connectivity index (χ0v) is 14.8. The van der Waals surface area contributed by atoms with E-state index in [-0.39, 0.29) is 12.6 Å². The number of hydrogen-bond donors (Lipinski definition) is 0. The third kappa shape index (κ3) is 2.82. The Labute approximate surface area is 152 Å². The molecule has 0 saturated carbocycles. The predicted octanol–water partition coefficient (Wildman–Crippen LogP) is 2.70. The van der Waals surface area contributed by atoms with Crippen molar-refractivity contribution in [3.05, 3.63) is 52.9 Å². The van der Waals surface area contributed by atoms with Gasteiger partial charge in [-0.1, -0.05) is 6.08 Å². The molecule has 1 aromatic heterocycles. The average molecular weight is 352 g/mol. The van der Waals surface area contributed by atoms with Gasteiger partial charge in [-0.25, -0.2) is 0 Å².